The minimum Gasteiger partial charge on any atom is -0.493 e. The molecule has 0 aliphatic heterocycles. The second-order valence-electron chi connectivity index (χ2n) is 5.25. The van der Waals surface area contributed by atoms with E-state index in [0.29, 0.717) is 25.3 Å². The largest absolute Gasteiger partial charge is 0.493 e. The Hall–Kier alpha value is -2.13. The molecule has 134 valence electrons. The third-order valence-electron chi connectivity index (χ3n) is 3.19. The third-order valence-corrected chi connectivity index (χ3v) is 4.30. The first-order valence-corrected chi connectivity index (χ1v) is 9.27. The Balaban J connectivity index is 2.35. The molecule has 0 saturated heterocycles. The van der Waals surface area contributed by atoms with E-state index in [9.17, 15) is 18.0 Å². The van der Waals surface area contributed by atoms with Crippen LogP contribution in [0.3, 0.4) is 0 Å². The first-order valence-electron chi connectivity index (χ1n) is 7.37. The van der Waals surface area contributed by atoms with Crippen LogP contribution >= 0.6 is 0 Å². The molecule has 0 aromatic heterocycles. The summed E-state index contributed by atoms with van der Waals surface area (Å²) in [5.41, 5.74) is 5.13. The molecule has 0 unspecified atom stereocenters. The van der Waals surface area contributed by atoms with Gasteiger partial charge in [-0.05, 0) is 24.6 Å². The third kappa shape index (κ3) is 6.97. The number of nitrogens with one attached hydrogen (secondary N) is 1. The van der Waals surface area contributed by atoms with E-state index in [2.05, 4.69) is 5.32 Å². The lowest BCUT2D eigenvalue weighted by Gasteiger charge is -2.17. The number of nitrogens with two attached hydrogens (primary N) is 1. The summed E-state index contributed by atoms with van der Waals surface area (Å²) in [4.78, 5) is 24.4. The van der Waals surface area contributed by atoms with Gasteiger partial charge in [-0.1, -0.05) is 6.07 Å². The molecule has 0 aliphatic rings. The van der Waals surface area contributed by atoms with Crippen molar-refractivity contribution in [1.29, 1.82) is 0 Å². The predicted molar refractivity (Wildman–Crippen MR) is 89.4 cm³/mol. The van der Waals surface area contributed by atoms with Crippen molar-refractivity contribution in [1.82, 2.24) is 10.2 Å². The summed E-state index contributed by atoms with van der Waals surface area (Å²) < 4.78 is 28.4. The molecule has 2 amide bonds. The summed E-state index contributed by atoms with van der Waals surface area (Å²) in [7, 11) is -1.65. The van der Waals surface area contributed by atoms with Gasteiger partial charge in [0.1, 0.15) is 5.75 Å². The normalized spacial score (nSPS) is 11.0. The number of sulfone groups is 1. The standard InChI is InChI=1S/C15H23N3O5S/c1-18(15(20)11-17-14(19)10-16)7-4-8-23-12-5-3-6-13(9-12)24(2,21)22/h3,5-6,9H,4,7-8,10-11,16H2,1-2H3,(H,17,19). The fourth-order valence-corrected chi connectivity index (χ4v) is 2.45. The lowest BCUT2D eigenvalue weighted by Crippen LogP contribution is -2.40. The van der Waals surface area contributed by atoms with Gasteiger partial charge in [-0.3, -0.25) is 9.59 Å². The highest BCUT2D eigenvalue weighted by molar-refractivity contribution is 7.90. The fourth-order valence-electron chi connectivity index (χ4n) is 1.79. The molecule has 1 rings (SSSR count). The van der Waals surface area contributed by atoms with Crippen molar-refractivity contribution in [3.05, 3.63) is 24.3 Å². The molecule has 0 bridgehead atoms. The van der Waals surface area contributed by atoms with Crippen LogP contribution in [0.25, 0.3) is 0 Å². The molecule has 1 aromatic rings. The summed E-state index contributed by atoms with van der Waals surface area (Å²) in [6, 6.07) is 6.25. The van der Waals surface area contributed by atoms with Gasteiger partial charge in [-0.25, -0.2) is 8.42 Å². The summed E-state index contributed by atoms with van der Waals surface area (Å²) in [6.07, 6.45) is 1.70. The van der Waals surface area contributed by atoms with E-state index in [0.717, 1.165) is 6.26 Å². The minimum atomic E-state index is -3.27. The Morgan fingerprint density at radius 3 is 2.67 bits per heavy atom. The number of hydrogen-bond acceptors (Lipinski definition) is 6. The summed E-state index contributed by atoms with van der Waals surface area (Å²) >= 11 is 0. The average Bonchev–Trinajstić information content (AvgIpc) is 2.55. The van der Waals surface area contributed by atoms with E-state index in [1.165, 1.54) is 17.0 Å². The maximum absolute atomic E-state index is 11.7. The number of benzene rings is 1. The average molecular weight is 357 g/mol. The molecule has 1 aromatic carbocycles. The van der Waals surface area contributed by atoms with Gasteiger partial charge in [-0.2, -0.15) is 0 Å². The zero-order chi connectivity index (χ0) is 18.2. The van der Waals surface area contributed by atoms with Gasteiger partial charge in [0.05, 0.1) is 24.6 Å². The Morgan fingerprint density at radius 2 is 2.04 bits per heavy atom. The number of ether oxygens (including phenoxy) is 1. The molecule has 0 atom stereocenters. The smallest absolute Gasteiger partial charge is 0.241 e. The lowest BCUT2D eigenvalue weighted by atomic mass is 10.3. The van der Waals surface area contributed by atoms with Crippen LogP contribution in [0.15, 0.2) is 29.2 Å². The van der Waals surface area contributed by atoms with Crippen LogP contribution < -0.4 is 15.8 Å². The Labute approximate surface area is 141 Å². The molecule has 0 aliphatic carbocycles. The predicted octanol–water partition coefficient (Wildman–Crippen LogP) is -0.608. The summed E-state index contributed by atoms with van der Waals surface area (Å²) in [5.74, 6) is -0.149. The second kappa shape index (κ2) is 9.24. The number of carbonyl (C=O) groups excluding carboxylic acids is 2. The van der Waals surface area contributed by atoms with Gasteiger partial charge < -0.3 is 20.7 Å². The molecule has 3 N–H and O–H groups in total. The zero-order valence-electron chi connectivity index (χ0n) is 13.8. The van der Waals surface area contributed by atoms with Gasteiger partial charge in [0.2, 0.25) is 11.8 Å². The van der Waals surface area contributed by atoms with Crippen LogP contribution in [0, 0.1) is 0 Å². The van der Waals surface area contributed by atoms with Crippen molar-refractivity contribution in [3.8, 4) is 5.75 Å². The number of amides is 2. The molecule has 0 radical (unpaired) electrons. The zero-order valence-corrected chi connectivity index (χ0v) is 14.6. The van der Waals surface area contributed by atoms with Crippen molar-refractivity contribution >= 4 is 21.7 Å². The monoisotopic (exact) mass is 357 g/mol. The maximum Gasteiger partial charge on any atom is 0.241 e. The van der Waals surface area contributed by atoms with Gasteiger partial charge in [0.15, 0.2) is 9.84 Å². The number of hydrogen-bond donors (Lipinski definition) is 2. The first kappa shape index (κ1) is 19.9. The molecule has 0 saturated carbocycles. The van der Waals surface area contributed by atoms with Crippen LogP contribution in [-0.2, 0) is 19.4 Å². The van der Waals surface area contributed by atoms with Crippen molar-refractivity contribution in [3.63, 3.8) is 0 Å². The van der Waals surface area contributed by atoms with Gasteiger partial charge in [0.25, 0.3) is 0 Å². The van der Waals surface area contributed by atoms with Crippen LogP contribution in [0.4, 0.5) is 0 Å². The summed E-state index contributed by atoms with van der Waals surface area (Å²) in [6.45, 7) is 0.532. The van der Waals surface area contributed by atoms with Crippen LogP contribution in [0.5, 0.6) is 5.75 Å². The van der Waals surface area contributed by atoms with Crippen molar-refractivity contribution in [2.24, 2.45) is 5.73 Å². The Kier molecular flexibility index (Phi) is 7.66. The molecular weight excluding hydrogens is 334 g/mol. The molecule has 0 fully saturated rings. The van der Waals surface area contributed by atoms with Crippen LogP contribution in [0.1, 0.15) is 6.42 Å². The fraction of sp³-hybridized carbons (Fsp3) is 0.467. The number of nitrogens with zero attached hydrogens (tertiary/aromatic N) is 1. The number of likely N-dealkylation sites (N-methyl/N-ethyl adjacent to an activating group) is 1. The summed E-state index contributed by atoms with van der Waals surface area (Å²) in [5, 5.41) is 2.41. The Bertz CT molecular complexity index is 675. The van der Waals surface area contributed by atoms with E-state index in [4.69, 9.17) is 10.5 Å². The second-order valence-corrected chi connectivity index (χ2v) is 7.26. The van der Waals surface area contributed by atoms with Crippen molar-refractivity contribution < 1.29 is 22.7 Å². The lowest BCUT2D eigenvalue weighted by molar-refractivity contribution is -0.131. The topological polar surface area (TPSA) is 119 Å². The van der Waals surface area contributed by atoms with E-state index < -0.39 is 9.84 Å². The number of rotatable bonds is 9. The van der Waals surface area contributed by atoms with Crippen molar-refractivity contribution in [2.75, 3.05) is 39.5 Å². The highest BCUT2D eigenvalue weighted by atomic mass is 32.2. The highest BCUT2D eigenvalue weighted by Gasteiger charge is 2.10. The Morgan fingerprint density at radius 1 is 1.33 bits per heavy atom. The first-order chi connectivity index (χ1) is 11.2. The van der Waals surface area contributed by atoms with E-state index in [-0.39, 0.29) is 29.8 Å². The quantitative estimate of drug-likeness (QED) is 0.569. The minimum absolute atomic E-state index is 0.0935. The molecule has 9 heteroatoms. The molecular formula is C15H23N3O5S. The van der Waals surface area contributed by atoms with Crippen molar-refractivity contribution in [2.45, 2.75) is 11.3 Å². The number of carbonyl (C=O) groups is 2. The van der Waals surface area contributed by atoms with Gasteiger partial charge >= 0.3 is 0 Å². The maximum atomic E-state index is 11.7. The molecule has 0 heterocycles. The van der Waals surface area contributed by atoms with Crippen LogP contribution in [0.2, 0.25) is 0 Å². The van der Waals surface area contributed by atoms with E-state index in [1.54, 1.807) is 19.2 Å². The van der Waals surface area contributed by atoms with E-state index >= 15 is 0 Å². The molecule has 8 nitrogen and oxygen atoms in total. The van der Waals surface area contributed by atoms with Crippen LogP contribution in [-0.4, -0.2) is 64.7 Å². The van der Waals surface area contributed by atoms with Gasteiger partial charge in [0, 0.05) is 19.8 Å². The molecule has 24 heavy (non-hydrogen) atoms. The molecule has 0 spiro atoms. The van der Waals surface area contributed by atoms with Gasteiger partial charge in [-0.15, -0.1) is 0 Å². The SMILES string of the molecule is CN(CCCOc1cccc(S(C)(=O)=O)c1)C(=O)CNC(=O)CN. The van der Waals surface area contributed by atoms with E-state index in [1.807, 2.05) is 0 Å². The highest BCUT2D eigenvalue weighted by Crippen LogP contribution is 2.17.